The summed E-state index contributed by atoms with van der Waals surface area (Å²) in [5, 5.41) is 2.78. The minimum atomic E-state index is -0.563. The number of carbonyl (C=O) groups excluding carboxylic acids is 1. The van der Waals surface area contributed by atoms with Crippen LogP contribution in [-0.2, 0) is 11.3 Å². The zero-order chi connectivity index (χ0) is 16.9. The highest BCUT2D eigenvalue weighted by molar-refractivity contribution is 5.95. The molecule has 0 bridgehead atoms. The van der Waals surface area contributed by atoms with Gasteiger partial charge in [-0.3, -0.25) is 9.59 Å². The first-order valence-electron chi connectivity index (χ1n) is 7.44. The molecule has 3 aromatic rings. The molecule has 0 aliphatic carbocycles. The average molecular weight is 322 g/mol. The molecule has 1 N–H and O–H groups in total. The molecule has 0 unspecified atom stereocenters. The van der Waals surface area contributed by atoms with E-state index in [1.54, 1.807) is 6.07 Å². The average Bonchev–Trinajstić information content (AvgIpc) is 2.59. The molecule has 1 amide bonds. The van der Waals surface area contributed by atoms with Crippen LogP contribution in [0.4, 0.5) is 10.1 Å². The van der Waals surface area contributed by atoms with Gasteiger partial charge in [-0.1, -0.05) is 48.5 Å². The number of nitrogens with one attached hydrogen (secondary N) is 1. The predicted molar refractivity (Wildman–Crippen MR) is 91.2 cm³/mol. The lowest BCUT2D eigenvalue weighted by molar-refractivity contribution is -0.116. The fourth-order valence-corrected chi connectivity index (χ4v) is 2.43. The van der Waals surface area contributed by atoms with Gasteiger partial charge < -0.3 is 9.88 Å². The molecule has 0 aliphatic rings. The second-order valence-electron chi connectivity index (χ2n) is 5.27. The Bertz CT molecular complexity index is 920. The Kier molecular flexibility index (Phi) is 4.52. The zero-order valence-corrected chi connectivity index (χ0v) is 12.8. The molecule has 4 nitrogen and oxygen atoms in total. The van der Waals surface area contributed by atoms with E-state index in [1.165, 1.54) is 0 Å². The van der Waals surface area contributed by atoms with Crippen molar-refractivity contribution in [2.45, 2.75) is 6.54 Å². The SMILES string of the molecule is O=C(Cn1cc(F)ccc1=O)Nc1ccccc1-c1ccccc1. The summed E-state index contributed by atoms with van der Waals surface area (Å²) in [4.78, 5) is 23.9. The summed E-state index contributed by atoms with van der Waals surface area (Å²) >= 11 is 0. The second kappa shape index (κ2) is 6.91. The minimum absolute atomic E-state index is 0.250. The molecule has 5 heteroatoms. The van der Waals surface area contributed by atoms with Gasteiger partial charge in [0, 0.05) is 23.5 Å². The zero-order valence-electron chi connectivity index (χ0n) is 12.8. The van der Waals surface area contributed by atoms with Gasteiger partial charge in [-0.05, 0) is 17.7 Å². The third kappa shape index (κ3) is 3.57. The number of pyridine rings is 1. The van der Waals surface area contributed by atoms with Crippen LogP contribution in [-0.4, -0.2) is 10.5 Å². The van der Waals surface area contributed by atoms with Gasteiger partial charge in [0.15, 0.2) is 0 Å². The van der Waals surface area contributed by atoms with Crippen LogP contribution in [0.25, 0.3) is 11.1 Å². The van der Waals surface area contributed by atoms with Crippen LogP contribution in [0.15, 0.2) is 77.7 Å². The van der Waals surface area contributed by atoms with Gasteiger partial charge in [-0.25, -0.2) is 4.39 Å². The highest BCUT2D eigenvalue weighted by atomic mass is 19.1. The van der Waals surface area contributed by atoms with E-state index >= 15 is 0 Å². The number of aromatic nitrogens is 1. The van der Waals surface area contributed by atoms with Crippen molar-refractivity contribution in [3.63, 3.8) is 0 Å². The van der Waals surface area contributed by atoms with Gasteiger partial charge in [0.1, 0.15) is 12.4 Å². The Balaban J connectivity index is 1.83. The summed E-state index contributed by atoms with van der Waals surface area (Å²) < 4.78 is 14.3. The molecular weight excluding hydrogens is 307 g/mol. The lowest BCUT2D eigenvalue weighted by Crippen LogP contribution is -2.27. The number of halogens is 1. The number of hydrogen-bond acceptors (Lipinski definition) is 2. The number of carbonyl (C=O) groups is 1. The van der Waals surface area contributed by atoms with Crippen LogP contribution >= 0.6 is 0 Å². The molecule has 0 radical (unpaired) electrons. The van der Waals surface area contributed by atoms with Gasteiger partial charge in [0.05, 0.1) is 0 Å². The van der Waals surface area contributed by atoms with E-state index in [4.69, 9.17) is 0 Å². The first-order chi connectivity index (χ1) is 11.6. The van der Waals surface area contributed by atoms with E-state index in [-0.39, 0.29) is 6.54 Å². The number of nitrogens with zero attached hydrogens (tertiary/aromatic N) is 1. The standard InChI is InChI=1S/C19H15FN2O2/c20-15-10-11-19(24)22(12-15)13-18(23)21-17-9-5-4-8-16(17)14-6-2-1-3-7-14/h1-12H,13H2,(H,21,23). The topological polar surface area (TPSA) is 51.1 Å². The van der Waals surface area contributed by atoms with Gasteiger partial charge >= 0.3 is 0 Å². The summed E-state index contributed by atoms with van der Waals surface area (Å²) in [6, 6.07) is 19.2. The molecule has 3 rings (SSSR count). The number of amides is 1. The molecular formula is C19H15FN2O2. The van der Waals surface area contributed by atoms with E-state index in [9.17, 15) is 14.0 Å². The van der Waals surface area contributed by atoms with Crippen molar-refractivity contribution >= 4 is 11.6 Å². The largest absolute Gasteiger partial charge is 0.324 e. The fourth-order valence-electron chi connectivity index (χ4n) is 2.43. The van der Waals surface area contributed by atoms with Crippen molar-refractivity contribution in [2.24, 2.45) is 0 Å². The van der Waals surface area contributed by atoms with Crippen molar-refractivity contribution in [3.05, 3.63) is 89.1 Å². The molecule has 0 atom stereocenters. The Morgan fingerprint density at radius 1 is 0.958 bits per heavy atom. The molecule has 0 saturated heterocycles. The van der Waals surface area contributed by atoms with Crippen LogP contribution in [0.2, 0.25) is 0 Å². The third-order valence-electron chi connectivity index (χ3n) is 3.55. The number of para-hydroxylation sites is 1. The molecule has 120 valence electrons. The summed E-state index contributed by atoms with van der Waals surface area (Å²) in [5.41, 5.74) is 2.05. The van der Waals surface area contributed by atoms with Crippen LogP contribution in [0, 0.1) is 5.82 Å². The molecule has 0 fully saturated rings. The predicted octanol–water partition coefficient (Wildman–Crippen LogP) is 3.29. The van der Waals surface area contributed by atoms with E-state index < -0.39 is 17.3 Å². The Hall–Kier alpha value is -3.21. The molecule has 0 saturated carbocycles. The number of benzene rings is 2. The summed E-state index contributed by atoms with van der Waals surface area (Å²) in [6.07, 6.45) is 1.02. The summed E-state index contributed by atoms with van der Waals surface area (Å²) in [6.45, 7) is -0.250. The lowest BCUT2D eigenvalue weighted by atomic mass is 10.0. The fraction of sp³-hybridized carbons (Fsp3) is 0.0526. The number of hydrogen-bond donors (Lipinski definition) is 1. The second-order valence-corrected chi connectivity index (χ2v) is 5.27. The molecule has 2 aromatic carbocycles. The highest BCUT2D eigenvalue weighted by Crippen LogP contribution is 2.27. The van der Waals surface area contributed by atoms with Gasteiger partial charge in [-0.2, -0.15) is 0 Å². The van der Waals surface area contributed by atoms with Crippen LogP contribution in [0.1, 0.15) is 0 Å². The van der Waals surface area contributed by atoms with E-state index in [0.29, 0.717) is 5.69 Å². The maximum absolute atomic E-state index is 13.2. The van der Waals surface area contributed by atoms with Crippen molar-refractivity contribution in [1.29, 1.82) is 0 Å². The van der Waals surface area contributed by atoms with Crippen molar-refractivity contribution < 1.29 is 9.18 Å². The molecule has 24 heavy (non-hydrogen) atoms. The molecule has 1 heterocycles. The Labute approximate surface area is 138 Å². The first kappa shape index (κ1) is 15.7. The Morgan fingerprint density at radius 2 is 1.67 bits per heavy atom. The maximum Gasteiger partial charge on any atom is 0.251 e. The summed E-state index contributed by atoms with van der Waals surface area (Å²) in [7, 11) is 0. The number of rotatable bonds is 4. The van der Waals surface area contributed by atoms with Gasteiger partial charge in [-0.15, -0.1) is 0 Å². The van der Waals surface area contributed by atoms with Crippen LogP contribution in [0.3, 0.4) is 0 Å². The third-order valence-corrected chi connectivity index (χ3v) is 3.55. The Morgan fingerprint density at radius 3 is 2.46 bits per heavy atom. The van der Waals surface area contributed by atoms with Crippen molar-refractivity contribution in [2.75, 3.05) is 5.32 Å². The maximum atomic E-state index is 13.2. The summed E-state index contributed by atoms with van der Waals surface area (Å²) in [5.74, 6) is -0.960. The lowest BCUT2D eigenvalue weighted by Gasteiger charge is -2.12. The van der Waals surface area contributed by atoms with E-state index in [1.807, 2.05) is 48.5 Å². The number of anilines is 1. The quantitative estimate of drug-likeness (QED) is 0.801. The first-order valence-corrected chi connectivity index (χ1v) is 7.44. The smallest absolute Gasteiger partial charge is 0.251 e. The minimum Gasteiger partial charge on any atom is -0.324 e. The monoisotopic (exact) mass is 322 g/mol. The van der Waals surface area contributed by atoms with E-state index in [2.05, 4.69) is 5.32 Å². The van der Waals surface area contributed by atoms with Crippen LogP contribution < -0.4 is 10.9 Å². The molecule has 1 aromatic heterocycles. The van der Waals surface area contributed by atoms with Crippen molar-refractivity contribution in [1.82, 2.24) is 4.57 Å². The normalized spacial score (nSPS) is 10.4. The van der Waals surface area contributed by atoms with E-state index in [0.717, 1.165) is 34.0 Å². The van der Waals surface area contributed by atoms with Gasteiger partial charge in [0.25, 0.3) is 5.56 Å². The van der Waals surface area contributed by atoms with Crippen molar-refractivity contribution in [3.8, 4) is 11.1 Å². The van der Waals surface area contributed by atoms with Gasteiger partial charge in [0.2, 0.25) is 5.91 Å². The van der Waals surface area contributed by atoms with Crippen LogP contribution in [0.5, 0.6) is 0 Å². The highest BCUT2D eigenvalue weighted by Gasteiger charge is 2.09. The molecule has 0 aliphatic heterocycles. The molecule has 0 spiro atoms.